The molecule has 0 fully saturated rings. The summed E-state index contributed by atoms with van der Waals surface area (Å²) >= 11 is 0. The molecule has 1 atom stereocenters. The Hall–Kier alpha value is -1.36. The molecule has 0 aliphatic heterocycles. The van der Waals surface area contributed by atoms with Crippen molar-refractivity contribution in [2.45, 2.75) is 18.7 Å². The molecule has 4 nitrogen and oxygen atoms in total. The van der Waals surface area contributed by atoms with Crippen LogP contribution in [0.1, 0.15) is 17.2 Å². The highest BCUT2D eigenvalue weighted by molar-refractivity contribution is 5.48. The van der Waals surface area contributed by atoms with Crippen LogP contribution in [0.4, 0.5) is 5.69 Å². The van der Waals surface area contributed by atoms with Crippen molar-refractivity contribution in [3.63, 3.8) is 0 Å². The Morgan fingerprint density at radius 2 is 2.07 bits per heavy atom. The van der Waals surface area contributed by atoms with Crippen LogP contribution in [0.2, 0.25) is 0 Å². The Kier molecular flexibility index (Phi) is 3.14. The number of aryl methyl sites for hydroxylation is 1. The van der Waals surface area contributed by atoms with Gasteiger partial charge in [0.1, 0.15) is 11.8 Å². The average Bonchev–Trinajstić information content (AvgIpc) is 2.21. The molecule has 1 unspecified atom stereocenters. The van der Waals surface area contributed by atoms with Crippen molar-refractivity contribution < 1.29 is 5.11 Å². The number of hydrogen-bond acceptors (Lipinski definition) is 4. The molecule has 0 aliphatic rings. The maximum Gasteiger partial charge on any atom is 0.114 e. The van der Waals surface area contributed by atoms with Gasteiger partial charge in [0.15, 0.2) is 0 Å². The highest BCUT2D eigenvalue weighted by Gasteiger charge is 2.27. The Bertz CT molecular complexity index is 374. The van der Waals surface area contributed by atoms with E-state index >= 15 is 0 Å². The van der Waals surface area contributed by atoms with Gasteiger partial charge in [0, 0.05) is 5.69 Å². The van der Waals surface area contributed by atoms with E-state index in [1.165, 1.54) is 6.08 Å². The van der Waals surface area contributed by atoms with E-state index in [1.807, 2.05) is 6.92 Å². The summed E-state index contributed by atoms with van der Waals surface area (Å²) in [5.74, 6) is 0. The molecule has 4 heteroatoms. The molecule has 7 N–H and O–H groups in total. The molecule has 0 spiro atoms. The van der Waals surface area contributed by atoms with E-state index in [2.05, 4.69) is 6.58 Å². The molecule has 1 rings (SSSR count). The third kappa shape index (κ3) is 2.36. The van der Waals surface area contributed by atoms with Crippen LogP contribution in [0, 0.1) is 6.92 Å². The number of nitrogens with two attached hydrogens (primary N) is 3. The summed E-state index contributed by atoms with van der Waals surface area (Å²) in [5, 5.41) is 9.90. The van der Waals surface area contributed by atoms with Crippen molar-refractivity contribution in [1.29, 1.82) is 0 Å². The largest absolute Gasteiger partial charge is 0.399 e. The molecule has 0 aromatic heterocycles. The van der Waals surface area contributed by atoms with Gasteiger partial charge in [-0.25, -0.2) is 0 Å². The van der Waals surface area contributed by atoms with Gasteiger partial charge in [-0.2, -0.15) is 0 Å². The van der Waals surface area contributed by atoms with Gasteiger partial charge in [-0.05, 0) is 24.1 Å². The van der Waals surface area contributed by atoms with Gasteiger partial charge in [-0.1, -0.05) is 24.8 Å². The second kappa shape index (κ2) is 4.02. The van der Waals surface area contributed by atoms with Crippen LogP contribution in [0.15, 0.2) is 30.9 Å². The zero-order valence-corrected chi connectivity index (χ0v) is 8.77. The molecule has 0 amide bonds. The molecule has 1 aromatic carbocycles. The van der Waals surface area contributed by atoms with E-state index in [1.54, 1.807) is 18.2 Å². The standard InChI is InChI=1S/C11H17N3O/c1-3-11(13,14)10(15)8-4-5-9(12)7(2)6-8/h3-6,10,15H,1,12-14H2,2H3. The van der Waals surface area contributed by atoms with Gasteiger partial charge in [0.25, 0.3) is 0 Å². The van der Waals surface area contributed by atoms with Crippen molar-refractivity contribution in [2.24, 2.45) is 11.5 Å². The molecule has 15 heavy (non-hydrogen) atoms. The van der Waals surface area contributed by atoms with Crippen LogP contribution in [0.5, 0.6) is 0 Å². The maximum absolute atomic E-state index is 9.90. The second-order valence-corrected chi connectivity index (χ2v) is 3.72. The van der Waals surface area contributed by atoms with Gasteiger partial charge in [-0.15, -0.1) is 0 Å². The maximum atomic E-state index is 9.90. The first kappa shape index (κ1) is 11.7. The second-order valence-electron chi connectivity index (χ2n) is 3.72. The summed E-state index contributed by atoms with van der Waals surface area (Å²) in [6, 6.07) is 5.18. The minimum atomic E-state index is -1.33. The first-order valence-electron chi connectivity index (χ1n) is 4.64. The fraction of sp³-hybridized carbons (Fsp3) is 0.273. The summed E-state index contributed by atoms with van der Waals surface area (Å²) in [6.07, 6.45) is 0.331. The van der Waals surface area contributed by atoms with Crippen LogP contribution >= 0.6 is 0 Å². The Morgan fingerprint density at radius 3 is 2.53 bits per heavy atom. The Balaban J connectivity index is 3.07. The number of aliphatic hydroxyl groups excluding tert-OH is 1. The minimum Gasteiger partial charge on any atom is -0.399 e. The fourth-order valence-electron chi connectivity index (χ4n) is 1.27. The molecule has 1 aromatic rings. The molecule has 0 saturated carbocycles. The summed E-state index contributed by atoms with van der Waals surface area (Å²) in [7, 11) is 0. The molecule has 0 saturated heterocycles. The lowest BCUT2D eigenvalue weighted by Gasteiger charge is -2.27. The van der Waals surface area contributed by atoms with Gasteiger partial charge >= 0.3 is 0 Å². The highest BCUT2D eigenvalue weighted by atomic mass is 16.3. The van der Waals surface area contributed by atoms with Gasteiger partial charge in [0.2, 0.25) is 0 Å². The predicted molar refractivity (Wildman–Crippen MR) is 61.9 cm³/mol. The van der Waals surface area contributed by atoms with Crippen LogP contribution in [-0.2, 0) is 0 Å². The predicted octanol–water partition coefficient (Wildman–Crippen LogP) is 0.410. The van der Waals surface area contributed by atoms with E-state index in [0.717, 1.165) is 5.56 Å². The third-order valence-electron chi connectivity index (χ3n) is 2.44. The van der Waals surface area contributed by atoms with Gasteiger partial charge in [0.05, 0.1) is 0 Å². The first-order chi connectivity index (χ1) is 6.88. The molecule has 82 valence electrons. The Morgan fingerprint density at radius 1 is 1.47 bits per heavy atom. The smallest absolute Gasteiger partial charge is 0.114 e. The molecule has 0 aliphatic carbocycles. The van der Waals surface area contributed by atoms with Crippen molar-refractivity contribution in [3.8, 4) is 0 Å². The zero-order valence-electron chi connectivity index (χ0n) is 8.77. The van der Waals surface area contributed by atoms with Crippen LogP contribution < -0.4 is 17.2 Å². The van der Waals surface area contributed by atoms with Gasteiger partial charge in [-0.3, -0.25) is 0 Å². The molecular formula is C11H17N3O. The number of hydrogen-bond donors (Lipinski definition) is 4. The van der Waals surface area contributed by atoms with Crippen molar-refractivity contribution in [2.75, 3.05) is 5.73 Å². The van der Waals surface area contributed by atoms with Crippen molar-refractivity contribution >= 4 is 5.69 Å². The van der Waals surface area contributed by atoms with Crippen LogP contribution in [0.3, 0.4) is 0 Å². The topological polar surface area (TPSA) is 98.3 Å². The quantitative estimate of drug-likeness (QED) is 0.328. The fourth-order valence-corrected chi connectivity index (χ4v) is 1.27. The lowest BCUT2D eigenvalue weighted by atomic mass is 9.96. The average molecular weight is 207 g/mol. The third-order valence-corrected chi connectivity index (χ3v) is 2.44. The SMILES string of the molecule is C=CC(N)(N)C(O)c1ccc(N)c(C)c1. The van der Waals surface area contributed by atoms with E-state index in [-0.39, 0.29) is 0 Å². The van der Waals surface area contributed by atoms with Crippen molar-refractivity contribution in [3.05, 3.63) is 42.0 Å². The molecular weight excluding hydrogens is 190 g/mol. The monoisotopic (exact) mass is 207 g/mol. The number of rotatable bonds is 3. The van der Waals surface area contributed by atoms with Crippen LogP contribution in [0.25, 0.3) is 0 Å². The summed E-state index contributed by atoms with van der Waals surface area (Å²) in [6.45, 7) is 5.34. The summed E-state index contributed by atoms with van der Waals surface area (Å²) < 4.78 is 0. The highest BCUT2D eigenvalue weighted by Crippen LogP contribution is 2.23. The number of anilines is 1. The molecule has 0 bridgehead atoms. The van der Waals surface area contributed by atoms with Crippen molar-refractivity contribution in [1.82, 2.24) is 0 Å². The lowest BCUT2D eigenvalue weighted by Crippen LogP contribution is -2.52. The van der Waals surface area contributed by atoms with E-state index < -0.39 is 11.8 Å². The van der Waals surface area contributed by atoms with Crippen LogP contribution in [-0.4, -0.2) is 10.8 Å². The summed E-state index contributed by atoms with van der Waals surface area (Å²) in [4.78, 5) is 0. The lowest BCUT2D eigenvalue weighted by molar-refractivity contribution is 0.113. The normalized spacial score (nSPS) is 13.6. The summed E-state index contributed by atoms with van der Waals surface area (Å²) in [5.41, 5.74) is 17.8. The first-order valence-corrected chi connectivity index (χ1v) is 4.64. The van der Waals surface area contributed by atoms with Gasteiger partial charge < -0.3 is 22.3 Å². The number of aliphatic hydroxyl groups is 1. The Labute approximate surface area is 89.4 Å². The molecule has 0 heterocycles. The van der Waals surface area contributed by atoms with E-state index in [9.17, 15) is 5.11 Å². The number of nitrogen functional groups attached to an aromatic ring is 1. The zero-order chi connectivity index (χ0) is 11.6. The number of benzene rings is 1. The van der Waals surface area contributed by atoms with E-state index in [0.29, 0.717) is 11.3 Å². The minimum absolute atomic E-state index is 0.631. The van der Waals surface area contributed by atoms with E-state index in [4.69, 9.17) is 17.2 Å². The molecule has 0 radical (unpaired) electrons.